The number of nitrogens with one attached hydrogen (secondary N) is 1. The predicted molar refractivity (Wildman–Crippen MR) is 77.3 cm³/mol. The summed E-state index contributed by atoms with van der Waals surface area (Å²) in [5.74, 6) is 0.0940. The molecule has 0 amide bonds. The minimum atomic E-state index is 0.0940. The van der Waals surface area contributed by atoms with E-state index in [-0.39, 0.29) is 5.78 Å². The van der Waals surface area contributed by atoms with Crippen LogP contribution in [0.25, 0.3) is 0 Å². The van der Waals surface area contributed by atoms with Crippen LogP contribution in [0.4, 0.5) is 0 Å². The van der Waals surface area contributed by atoms with Gasteiger partial charge in [0, 0.05) is 32.9 Å². The van der Waals surface area contributed by atoms with Crippen LogP contribution in [0.5, 0.6) is 0 Å². The highest BCUT2D eigenvalue weighted by molar-refractivity contribution is 9.10. The maximum absolute atomic E-state index is 12.4. The molecule has 0 saturated carbocycles. The normalized spacial score (nSPS) is 14.3. The van der Waals surface area contributed by atoms with Crippen LogP contribution in [-0.2, 0) is 13.0 Å². The second kappa shape index (κ2) is 4.96. The second-order valence-electron chi connectivity index (χ2n) is 4.37. The van der Waals surface area contributed by atoms with Crippen LogP contribution < -0.4 is 5.32 Å². The lowest BCUT2D eigenvalue weighted by Crippen LogP contribution is -2.23. The van der Waals surface area contributed by atoms with E-state index in [1.54, 1.807) is 0 Å². The molecule has 0 radical (unpaired) electrons. The largest absolute Gasteiger partial charge is 0.312 e. The zero-order valence-electron chi connectivity index (χ0n) is 9.70. The topological polar surface area (TPSA) is 29.1 Å². The summed E-state index contributed by atoms with van der Waals surface area (Å²) in [4.78, 5) is 12.4. The highest BCUT2D eigenvalue weighted by Gasteiger charge is 2.16. The number of thiophene rings is 1. The van der Waals surface area contributed by atoms with Crippen LogP contribution in [0.2, 0.25) is 0 Å². The fourth-order valence-corrected chi connectivity index (χ4v) is 3.68. The van der Waals surface area contributed by atoms with Gasteiger partial charge in [-0.25, -0.2) is 0 Å². The number of fused-ring (bicyclic) bond motifs is 1. The molecule has 92 valence electrons. The molecular formula is C14H12BrNOS. The van der Waals surface area contributed by atoms with Gasteiger partial charge in [-0.1, -0.05) is 12.1 Å². The summed E-state index contributed by atoms with van der Waals surface area (Å²) >= 11 is 4.95. The molecule has 4 heteroatoms. The van der Waals surface area contributed by atoms with Crippen LogP contribution in [0, 0.1) is 0 Å². The van der Waals surface area contributed by atoms with Crippen molar-refractivity contribution in [3.63, 3.8) is 0 Å². The molecule has 0 spiro atoms. The number of halogens is 1. The lowest BCUT2D eigenvalue weighted by Gasteiger charge is -2.17. The van der Waals surface area contributed by atoms with Gasteiger partial charge in [0.05, 0.1) is 0 Å². The molecule has 3 rings (SSSR count). The summed E-state index contributed by atoms with van der Waals surface area (Å²) in [5.41, 5.74) is 4.13. The molecule has 0 fully saturated rings. The maximum atomic E-state index is 12.4. The number of carbonyl (C=O) groups is 1. The van der Waals surface area contributed by atoms with E-state index in [0.717, 1.165) is 35.1 Å². The summed E-state index contributed by atoms with van der Waals surface area (Å²) in [6.07, 6.45) is 1.05. The van der Waals surface area contributed by atoms with E-state index in [9.17, 15) is 4.79 Å². The van der Waals surface area contributed by atoms with Crippen molar-refractivity contribution in [2.45, 2.75) is 13.0 Å². The van der Waals surface area contributed by atoms with Gasteiger partial charge in [0.2, 0.25) is 0 Å². The monoisotopic (exact) mass is 321 g/mol. The first-order chi connectivity index (χ1) is 8.75. The molecule has 1 aromatic carbocycles. The molecule has 2 aromatic rings. The average molecular weight is 322 g/mol. The minimum Gasteiger partial charge on any atom is -0.312 e. The van der Waals surface area contributed by atoms with Gasteiger partial charge in [0.25, 0.3) is 0 Å². The summed E-state index contributed by atoms with van der Waals surface area (Å²) in [6.45, 7) is 1.89. The van der Waals surface area contributed by atoms with Crippen molar-refractivity contribution >= 4 is 33.0 Å². The van der Waals surface area contributed by atoms with Crippen molar-refractivity contribution in [3.05, 3.63) is 55.7 Å². The third kappa shape index (κ3) is 2.16. The summed E-state index contributed by atoms with van der Waals surface area (Å²) in [5, 5.41) is 7.17. The molecule has 2 heterocycles. The summed E-state index contributed by atoms with van der Waals surface area (Å²) in [7, 11) is 0. The number of rotatable bonds is 2. The molecule has 0 atom stereocenters. The highest BCUT2D eigenvalue weighted by Crippen LogP contribution is 2.25. The van der Waals surface area contributed by atoms with Crippen LogP contribution in [-0.4, -0.2) is 12.3 Å². The number of carbonyl (C=O) groups excluding carboxylic acids is 1. The lowest BCUT2D eigenvalue weighted by atomic mass is 9.96. The SMILES string of the molecule is O=C(c1ccc2c(c1)CNCC2)c1cscc1Br. The number of ketones is 1. The van der Waals surface area contributed by atoms with Gasteiger partial charge >= 0.3 is 0 Å². The molecule has 18 heavy (non-hydrogen) atoms. The third-order valence-corrected chi connectivity index (χ3v) is 4.92. The fourth-order valence-electron chi connectivity index (χ4n) is 2.22. The number of hydrogen-bond acceptors (Lipinski definition) is 3. The fraction of sp³-hybridized carbons (Fsp3) is 0.214. The van der Waals surface area contributed by atoms with Crippen molar-refractivity contribution in [2.75, 3.05) is 6.54 Å². The van der Waals surface area contributed by atoms with Gasteiger partial charge in [-0.05, 0) is 46.1 Å². The van der Waals surface area contributed by atoms with Gasteiger partial charge in [0.15, 0.2) is 5.78 Å². The molecular weight excluding hydrogens is 310 g/mol. The van der Waals surface area contributed by atoms with Gasteiger partial charge in [-0.15, -0.1) is 0 Å². The van der Waals surface area contributed by atoms with Crippen molar-refractivity contribution < 1.29 is 4.79 Å². The molecule has 1 aromatic heterocycles. The van der Waals surface area contributed by atoms with E-state index in [1.807, 2.05) is 22.9 Å². The predicted octanol–water partition coefficient (Wildman–Crippen LogP) is 3.39. The third-order valence-electron chi connectivity index (χ3n) is 3.21. The minimum absolute atomic E-state index is 0.0940. The van der Waals surface area contributed by atoms with Crippen LogP contribution in [0.1, 0.15) is 27.0 Å². The van der Waals surface area contributed by atoms with Crippen molar-refractivity contribution in [2.24, 2.45) is 0 Å². The molecule has 1 N–H and O–H groups in total. The Hall–Kier alpha value is -0.970. The Morgan fingerprint density at radius 2 is 2.17 bits per heavy atom. The van der Waals surface area contributed by atoms with Gasteiger partial charge < -0.3 is 5.32 Å². The Morgan fingerprint density at radius 3 is 2.94 bits per heavy atom. The Kier molecular flexibility index (Phi) is 3.33. The summed E-state index contributed by atoms with van der Waals surface area (Å²) in [6, 6.07) is 6.05. The second-order valence-corrected chi connectivity index (χ2v) is 5.97. The Morgan fingerprint density at radius 1 is 1.28 bits per heavy atom. The molecule has 0 saturated heterocycles. The van der Waals surface area contributed by atoms with Crippen molar-refractivity contribution in [3.8, 4) is 0 Å². The van der Waals surface area contributed by atoms with Crippen molar-refractivity contribution in [1.29, 1.82) is 0 Å². The molecule has 1 aliphatic rings. The highest BCUT2D eigenvalue weighted by atomic mass is 79.9. The first-order valence-corrected chi connectivity index (χ1v) is 7.58. The smallest absolute Gasteiger partial charge is 0.195 e. The first-order valence-electron chi connectivity index (χ1n) is 5.84. The van der Waals surface area contributed by atoms with E-state index in [1.165, 1.54) is 22.5 Å². The summed E-state index contributed by atoms with van der Waals surface area (Å²) < 4.78 is 0.883. The first kappa shape index (κ1) is 12.1. The molecule has 0 unspecified atom stereocenters. The zero-order valence-corrected chi connectivity index (χ0v) is 12.1. The number of benzene rings is 1. The average Bonchev–Trinajstić information content (AvgIpc) is 2.83. The van der Waals surface area contributed by atoms with Crippen LogP contribution >= 0.6 is 27.3 Å². The van der Waals surface area contributed by atoms with Crippen LogP contribution in [0.3, 0.4) is 0 Å². The Bertz CT molecular complexity index is 606. The van der Waals surface area contributed by atoms with Crippen molar-refractivity contribution in [1.82, 2.24) is 5.32 Å². The van der Waals surface area contributed by atoms with Crippen LogP contribution in [0.15, 0.2) is 33.4 Å². The zero-order chi connectivity index (χ0) is 12.5. The van der Waals surface area contributed by atoms with E-state index in [0.29, 0.717) is 0 Å². The van der Waals surface area contributed by atoms with Gasteiger partial charge in [-0.3, -0.25) is 4.79 Å². The standard InChI is InChI=1S/C14H12BrNOS/c15-13-8-18-7-12(13)14(17)10-2-1-9-3-4-16-6-11(9)5-10/h1-2,5,7-8,16H,3-4,6H2. The molecule has 1 aliphatic heterocycles. The van der Waals surface area contributed by atoms with E-state index >= 15 is 0 Å². The van der Waals surface area contributed by atoms with E-state index < -0.39 is 0 Å². The van der Waals surface area contributed by atoms with Gasteiger partial charge in [-0.2, -0.15) is 11.3 Å². The maximum Gasteiger partial charge on any atom is 0.195 e. The van der Waals surface area contributed by atoms with E-state index in [4.69, 9.17) is 0 Å². The number of hydrogen-bond donors (Lipinski definition) is 1. The van der Waals surface area contributed by atoms with Gasteiger partial charge in [0.1, 0.15) is 0 Å². The van der Waals surface area contributed by atoms with E-state index in [2.05, 4.69) is 27.3 Å². The Labute approximate surface area is 118 Å². The Balaban J connectivity index is 1.98. The molecule has 0 aliphatic carbocycles. The molecule has 0 bridgehead atoms. The molecule has 2 nitrogen and oxygen atoms in total. The quantitative estimate of drug-likeness (QED) is 0.859. The lowest BCUT2D eigenvalue weighted by molar-refractivity contribution is 0.103.